The van der Waals surface area contributed by atoms with E-state index in [1.54, 1.807) is 0 Å². The first kappa shape index (κ1) is 13.5. The van der Waals surface area contributed by atoms with E-state index in [1.807, 2.05) is 19.1 Å². The summed E-state index contributed by atoms with van der Waals surface area (Å²) in [6.07, 6.45) is 4.92. The van der Waals surface area contributed by atoms with Crippen molar-refractivity contribution in [3.05, 3.63) is 24.4 Å². The van der Waals surface area contributed by atoms with E-state index in [4.69, 9.17) is 4.74 Å². The van der Waals surface area contributed by atoms with Gasteiger partial charge in [0.05, 0.1) is 6.61 Å². The lowest BCUT2D eigenvalue weighted by Crippen LogP contribution is -2.07. The van der Waals surface area contributed by atoms with E-state index in [9.17, 15) is 0 Å². The van der Waals surface area contributed by atoms with E-state index in [-0.39, 0.29) is 0 Å². The maximum atomic E-state index is 5.50. The zero-order chi connectivity index (χ0) is 12.5. The van der Waals surface area contributed by atoms with Crippen molar-refractivity contribution in [3.8, 4) is 5.88 Å². The van der Waals surface area contributed by atoms with Gasteiger partial charge < -0.3 is 10.1 Å². The topological polar surface area (TPSA) is 47.0 Å². The lowest BCUT2D eigenvalue weighted by atomic mass is 10.3. The number of ether oxygens (including phenoxy) is 1. The van der Waals surface area contributed by atoms with Crippen molar-refractivity contribution < 1.29 is 4.74 Å². The number of nitrogens with zero attached hydrogens (tertiary/aromatic N) is 2. The molecule has 0 aliphatic rings. The molecule has 0 radical (unpaired) electrons. The van der Waals surface area contributed by atoms with Crippen LogP contribution in [0.3, 0.4) is 0 Å². The van der Waals surface area contributed by atoms with Gasteiger partial charge in [-0.2, -0.15) is 4.98 Å². The Kier molecular flexibility index (Phi) is 6.07. The molecule has 1 heterocycles. The molecule has 0 bridgehead atoms. The number of aryl methyl sites for hydroxylation is 1. The third-order valence-corrected chi connectivity index (χ3v) is 2.15. The summed E-state index contributed by atoms with van der Waals surface area (Å²) >= 11 is 0. The Hall–Kier alpha value is -1.58. The van der Waals surface area contributed by atoms with Crippen LogP contribution in [-0.4, -0.2) is 23.1 Å². The van der Waals surface area contributed by atoms with E-state index >= 15 is 0 Å². The van der Waals surface area contributed by atoms with E-state index in [2.05, 4.69) is 28.8 Å². The molecule has 94 valence electrons. The Balaban J connectivity index is 2.52. The van der Waals surface area contributed by atoms with Gasteiger partial charge in [0.25, 0.3) is 0 Å². The number of unbranched alkanes of at least 4 members (excludes halogenated alkanes) is 1. The van der Waals surface area contributed by atoms with Crippen LogP contribution in [0, 0.1) is 6.92 Å². The molecular formula is C13H21N3O. The van der Waals surface area contributed by atoms with Crippen LogP contribution in [-0.2, 0) is 0 Å². The minimum Gasteiger partial charge on any atom is -0.478 e. The zero-order valence-corrected chi connectivity index (χ0v) is 10.7. The van der Waals surface area contributed by atoms with Crippen LogP contribution in [0.2, 0.25) is 0 Å². The predicted molar refractivity (Wildman–Crippen MR) is 70.5 cm³/mol. The summed E-state index contributed by atoms with van der Waals surface area (Å²) in [5, 5.41) is 3.19. The fourth-order valence-electron chi connectivity index (χ4n) is 1.35. The Morgan fingerprint density at radius 3 is 3.00 bits per heavy atom. The molecule has 0 unspecified atom stereocenters. The summed E-state index contributed by atoms with van der Waals surface area (Å²) in [6, 6.07) is 1.85. The quantitative estimate of drug-likeness (QED) is 0.556. The summed E-state index contributed by atoms with van der Waals surface area (Å²) in [5.41, 5.74) is 0.914. The second-order valence-corrected chi connectivity index (χ2v) is 3.88. The summed E-state index contributed by atoms with van der Waals surface area (Å²) < 4.78 is 5.50. The first-order valence-electron chi connectivity index (χ1n) is 6.09. The average molecular weight is 235 g/mol. The molecule has 0 aliphatic carbocycles. The highest BCUT2D eigenvalue weighted by Gasteiger charge is 2.02. The van der Waals surface area contributed by atoms with Gasteiger partial charge >= 0.3 is 0 Å². The lowest BCUT2D eigenvalue weighted by Gasteiger charge is -2.08. The van der Waals surface area contributed by atoms with Gasteiger partial charge in [0, 0.05) is 18.3 Å². The maximum absolute atomic E-state index is 5.50. The van der Waals surface area contributed by atoms with Crippen molar-refractivity contribution in [2.45, 2.75) is 33.1 Å². The number of nitrogens with one attached hydrogen (secondary N) is 1. The normalized spacial score (nSPS) is 10.0. The standard InChI is InChI=1S/C13H21N3O/c1-4-6-7-8-14-13-15-11(3)10-12(16-13)17-9-5-2/h4,10H,1,5-9H2,2-3H3,(H,14,15,16). The third-order valence-electron chi connectivity index (χ3n) is 2.15. The number of allylic oxidation sites excluding steroid dienone is 1. The molecule has 0 amide bonds. The molecule has 0 fully saturated rings. The molecule has 1 N–H and O–H groups in total. The van der Waals surface area contributed by atoms with E-state index in [0.29, 0.717) is 18.4 Å². The van der Waals surface area contributed by atoms with Crippen LogP contribution < -0.4 is 10.1 Å². The van der Waals surface area contributed by atoms with Crippen molar-refractivity contribution >= 4 is 5.95 Å². The van der Waals surface area contributed by atoms with Crippen molar-refractivity contribution in [1.82, 2.24) is 9.97 Å². The van der Waals surface area contributed by atoms with Crippen LogP contribution in [0.25, 0.3) is 0 Å². The van der Waals surface area contributed by atoms with Gasteiger partial charge in [0.15, 0.2) is 0 Å². The second-order valence-electron chi connectivity index (χ2n) is 3.88. The molecule has 4 nitrogen and oxygen atoms in total. The molecule has 0 atom stereocenters. The Bertz CT molecular complexity index is 353. The predicted octanol–water partition coefficient (Wildman–Crippen LogP) is 2.95. The number of hydrogen-bond acceptors (Lipinski definition) is 4. The van der Waals surface area contributed by atoms with Crippen LogP contribution in [0.4, 0.5) is 5.95 Å². The maximum Gasteiger partial charge on any atom is 0.226 e. The van der Waals surface area contributed by atoms with E-state index in [1.165, 1.54) is 0 Å². The molecule has 1 aromatic heterocycles. The molecule has 0 spiro atoms. The van der Waals surface area contributed by atoms with Crippen molar-refractivity contribution in [2.75, 3.05) is 18.5 Å². The van der Waals surface area contributed by atoms with Gasteiger partial charge in [-0.25, -0.2) is 4.98 Å². The van der Waals surface area contributed by atoms with Crippen molar-refractivity contribution in [2.24, 2.45) is 0 Å². The minimum atomic E-state index is 0.639. The number of hydrogen-bond donors (Lipinski definition) is 1. The smallest absolute Gasteiger partial charge is 0.226 e. The zero-order valence-electron chi connectivity index (χ0n) is 10.7. The molecular weight excluding hydrogens is 214 g/mol. The third kappa shape index (κ3) is 5.33. The summed E-state index contributed by atoms with van der Waals surface area (Å²) in [4.78, 5) is 8.61. The van der Waals surface area contributed by atoms with Crippen molar-refractivity contribution in [3.63, 3.8) is 0 Å². The fourth-order valence-corrected chi connectivity index (χ4v) is 1.35. The molecule has 0 saturated carbocycles. The Morgan fingerprint density at radius 1 is 1.47 bits per heavy atom. The van der Waals surface area contributed by atoms with Gasteiger partial charge in [0.1, 0.15) is 0 Å². The SMILES string of the molecule is C=CCCCNc1nc(C)cc(OCCC)n1. The molecule has 0 aliphatic heterocycles. The highest BCUT2D eigenvalue weighted by Crippen LogP contribution is 2.12. The number of rotatable bonds is 8. The molecule has 4 heteroatoms. The fraction of sp³-hybridized carbons (Fsp3) is 0.538. The largest absolute Gasteiger partial charge is 0.478 e. The molecule has 0 aromatic carbocycles. The minimum absolute atomic E-state index is 0.639. The average Bonchev–Trinajstić information content (AvgIpc) is 2.31. The van der Waals surface area contributed by atoms with Crippen LogP contribution in [0.1, 0.15) is 31.9 Å². The van der Waals surface area contributed by atoms with Gasteiger partial charge in [0.2, 0.25) is 11.8 Å². The molecule has 1 aromatic rings. The highest BCUT2D eigenvalue weighted by atomic mass is 16.5. The number of aromatic nitrogens is 2. The molecule has 1 rings (SSSR count). The van der Waals surface area contributed by atoms with Gasteiger partial charge in [-0.3, -0.25) is 0 Å². The Labute approximate surface area is 103 Å². The summed E-state index contributed by atoms with van der Waals surface area (Å²) in [7, 11) is 0. The highest BCUT2D eigenvalue weighted by molar-refractivity contribution is 5.30. The lowest BCUT2D eigenvalue weighted by molar-refractivity contribution is 0.305. The first-order chi connectivity index (χ1) is 8.26. The van der Waals surface area contributed by atoms with Crippen LogP contribution >= 0.6 is 0 Å². The summed E-state index contributed by atoms with van der Waals surface area (Å²) in [5.74, 6) is 1.28. The second kappa shape index (κ2) is 7.65. The monoisotopic (exact) mass is 235 g/mol. The van der Waals surface area contributed by atoms with Crippen LogP contribution in [0.15, 0.2) is 18.7 Å². The summed E-state index contributed by atoms with van der Waals surface area (Å²) in [6.45, 7) is 9.24. The van der Waals surface area contributed by atoms with E-state index in [0.717, 1.165) is 31.5 Å². The first-order valence-corrected chi connectivity index (χ1v) is 6.09. The molecule has 17 heavy (non-hydrogen) atoms. The number of anilines is 1. The van der Waals surface area contributed by atoms with Crippen LogP contribution in [0.5, 0.6) is 5.88 Å². The molecule has 0 saturated heterocycles. The van der Waals surface area contributed by atoms with Gasteiger partial charge in [-0.05, 0) is 26.2 Å². The van der Waals surface area contributed by atoms with Gasteiger partial charge in [-0.1, -0.05) is 13.0 Å². The van der Waals surface area contributed by atoms with Gasteiger partial charge in [-0.15, -0.1) is 6.58 Å². The Morgan fingerprint density at radius 2 is 2.29 bits per heavy atom. The van der Waals surface area contributed by atoms with Crippen molar-refractivity contribution in [1.29, 1.82) is 0 Å². The van der Waals surface area contributed by atoms with E-state index < -0.39 is 0 Å².